The molecule has 0 radical (unpaired) electrons. The Morgan fingerprint density at radius 1 is 1.33 bits per heavy atom. The quantitative estimate of drug-likeness (QED) is 0.681. The number of piperidine rings is 2. The lowest BCUT2D eigenvalue weighted by Crippen LogP contribution is -2.53. The lowest BCUT2D eigenvalue weighted by atomic mass is 9.72. The Morgan fingerprint density at radius 3 is 2.78 bits per heavy atom. The minimum Gasteiger partial charge on any atom is -0.385 e. The van der Waals surface area contributed by atoms with Crippen molar-refractivity contribution in [2.45, 2.75) is 45.6 Å². The zero-order valence-corrected chi connectivity index (χ0v) is 16.6. The minimum absolute atomic E-state index is 0.0718. The molecular weight excluding hydrogens is 344 g/mol. The van der Waals surface area contributed by atoms with E-state index >= 15 is 0 Å². The van der Waals surface area contributed by atoms with Crippen molar-refractivity contribution in [2.24, 2.45) is 11.3 Å². The zero-order chi connectivity index (χ0) is 19.3. The fourth-order valence-corrected chi connectivity index (χ4v) is 4.39. The standard InChI is InChI=1S/C20H32N4O3/c1-17(15-24-11-3-9-21-24)19(26)22-12-7-20(8-13-22)6-5-18(25)23(16-20)10-4-14-27-2/h3,9,11,17H,4-8,10,12-16H2,1-2H3/t17-/m0/s1. The van der Waals surface area contributed by atoms with E-state index in [1.165, 1.54) is 0 Å². The van der Waals surface area contributed by atoms with Crippen molar-refractivity contribution < 1.29 is 14.3 Å². The molecule has 7 nitrogen and oxygen atoms in total. The average molecular weight is 377 g/mol. The smallest absolute Gasteiger partial charge is 0.227 e. The molecule has 0 unspecified atom stereocenters. The summed E-state index contributed by atoms with van der Waals surface area (Å²) >= 11 is 0. The molecule has 0 saturated carbocycles. The molecule has 1 spiro atoms. The Labute approximate surface area is 161 Å². The highest BCUT2D eigenvalue weighted by Crippen LogP contribution is 2.40. The van der Waals surface area contributed by atoms with Gasteiger partial charge >= 0.3 is 0 Å². The van der Waals surface area contributed by atoms with Crippen LogP contribution in [0.1, 0.15) is 39.0 Å². The van der Waals surface area contributed by atoms with Gasteiger partial charge in [0.15, 0.2) is 0 Å². The molecule has 2 aliphatic heterocycles. The van der Waals surface area contributed by atoms with Crippen LogP contribution in [-0.2, 0) is 20.9 Å². The molecular formula is C20H32N4O3. The molecule has 1 aromatic rings. The predicted octanol–water partition coefficient (Wildman–Crippen LogP) is 1.79. The summed E-state index contributed by atoms with van der Waals surface area (Å²) in [7, 11) is 1.69. The van der Waals surface area contributed by atoms with E-state index in [0.717, 1.165) is 51.9 Å². The Morgan fingerprint density at radius 2 is 2.11 bits per heavy atom. The lowest BCUT2D eigenvalue weighted by Gasteiger charge is -2.47. The third-order valence-corrected chi connectivity index (χ3v) is 6.10. The number of hydrogen-bond acceptors (Lipinski definition) is 4. The molecule has 2 fully saturated rings. The van der Waals surface area contributed by atoms with Crippen LogP contribution in [0.15, 0.2) is 18.5 Å². The Bertz CT molecular complexity index is 623. The van der Waals surface area contributed by atoms with E-state index in [1.807, 2.05) is 33.7 Å². The molecule has 1 atom stereocenters. The van der Waals surface area contributed by atoms with E-state index in [4.69, 9.17) is 4.74 Å². The summed E-state index contributed by atoms with van der Waals surface area (Å²) < 4.78 is 6.94. The third-order valence-electron chi connectivity index (χ3n) is 6.10. The van der Waals surface area contributed by atoms with Gasteiger partial charge in [-0.1, -0.05) is 6.92 Å². The van der Waals surface area contributed by atoms with Gasteiger partial charge in [-0.05, 0) is 37.2 Å². The summed E-state index contributed by atoms with van der Waals surface area (Å²) in [4.78, 5) is 29.1. The molecule has 0 N–H and O–H groups in total. The number of methoxy groups -OCH3 is 1. The predicted molar refractivity (Wildman–Crippen MR) is 102 cm³/mol. The topological polar surface area (TPSA) is 67.7 Å². The molecule has 2 amide bonds. The largest absolute Gasteiger partial charge is 0.385 e. The first-order valence-corrected chi connectivity index (χ1v) is 10.1. The Kier molecular flexibility index (Phi) is 6.52. The normalized spacial score (nSPS) is 20.9. The maximum absolute atomic E-state index is 12.8. The first-order valence-electron chi connectivity index (χ1n) is 10.1. The van der Waals surface area contributed by atoms with E-state index < -0.39 is 0 Å². The third kappa shape index (κ3) is 4.89. The van der Waals surface area contributed by atoms with Gasteiger partial charge in [0.05, 0.1) is 12.5 Å². The van der Waals surface area contributed by atoms with Crippen LogP contribution in [0.25, 0.3) is 0 Å². The van der Waals surface area contributed by atoms with Crippen molar-refractivity contribution in [2.75, 3.05) is 39.9 Å². The van der Waals surface area contributed by atoms with Crippen LogP contribution < -0.4 is 0 Å². The van der Waals surface area contributed by atoms with Crippen molar-refractivity contribution in [1.29, 1.82) is 0 Å². The summed E-state index contributed by atoms with van der Waals surface area (Å²) in [5, 5.41) is 4.20. The Balaban J connectivity index is 1.51. The second-order valence-electron chi connectivity index (χ2n) is 8.12. The number of amides is 2. The van der Waals surface area contributed by atoms with Crippen LogP contribution >= 0.6 is 0 Å². The van der Waals surface area contributed by atoms with Crippen LogP contribution in [0.4, 0.5) is 0 Å². The monoisotopic (exact) mass is 376 g/mol. The molecule has 3 rings (SSSR count). The Hall–Kier alpha value is -1.89. The molecule has 150 valence electrons. The fourth-order valence-electron chi connectivity index (χ4n) is 4.39. The van der Waals surface area contributed by atoms with Gasteiger partial charge in [0, 0.05) is 58.7 Å². The van der Waals surface area contributed by atoms with Crippen molar-refractivity contribution >= 4 is 11.8 Å². The first kappa shape index (κ1) is 19.9. The highest BCUT2D eigenvalue weighted by atomic mass is 16.5. The van der Waals surface area contributed by atoms with E-state index in [2.05, 4.69) is 5.10 Å². The van der Waals surface area contributed by atoms with Crippen molar-refractivity contribution in [3.63, 3.8) is 0 Å². The van der Waals surface area contributed by atoms with Gasteiger partial charge in [-0.3, -0.25) is 14.3 Å². The molecule has 7 heteroatoms. The van der Waals surface area contributed by atoms with Crippen molar-refractivity contribution in [3.05, 3.63) is 18.5 Å². The number of likely N-dealkylation sites (tertiary alicyclic amines) is 2. The molecule has 3 heterocycles. The number of ether oxygens (including phenoxy) is 1. The molecule has 1 aromatic heterocycles. The molecule has 0 bridgehead atoms. The number of carbonyl (C=O) groups excluding carboxylic acids is 2. The number of nitrogens with zero attached hydrogens (tertiary/aromatic N) is 4. The second-order valence-corrected chi connectivity index (χ2v) is 8.12. The van der Waals surface area contributed by atoms with Crippen LogP contribution in [0.2, 0.25) is 0 Å². The number of rotatable bonds is 7. The van der Waals surface area contributed by atoms with Gasteiger partial charge < -0.3 is 14.5 Å². The zero-order valence-electron chi connectivity index (χ0n) is 16.6. The minimum atomic E-state index is -0.0718. The summed E-state index contributed by atoms with van der Waals surface area (Å²) in [5.74, 6) is 0.407. The van der Waals surface area contributed by atoms with Crippen molar-refractivity contribution in [1.82, 2.24) is 19.6 Å². The average Bonchev–Trinajstić information content (AvgIpc) is 3.18. The fraction of sp³-hybridized carbons (Fsp3) is 0.750. The first-order chi connectivity index (χ1) is 13.0. The molecule has 2 saturated heterocycles. The summed E-state index contributed by atoms with van der Waals surface area (Å²) in [6.07, 6.45) is 8.08. The maximum atomic E-state index is 12.8. The number of carbonyl (C=O) groups is 2. The van der Waals surface area contributed by atoms with Gasteiger partial charge in [-0.25, -0.2) is 0 Å². The van der Waals surface area contributed by atoms with E-state index in [1.54, 1.807) is 13.3 Å². The SMILES string of the molecule is COCCCN1CC2(CCC1=O)CCN(C(=O)[C@@H](C)Cn1cccn1)CC2. The summed E-state index contributed by atoms with van der Waals surface area (Å²) in [5.41, 5.74) is 0.184. The molecule has 0 aromatic carbocycles. The van der Waals surface area contributed by atoms with E-state index in [-0.39, 0.29) is 23.1 Å². The van der Waals surface area contributed by atoms with Crippen LogP contribution in [0.3, 0.4) is 0 Å². The maximum Gasteiger partial charge on any atom is 0.227 e. The van der Waals surface area contributed by atoms with Crippen LogP contribution in [0.5, 0.6) is 0 Å². The van der Waals surface area contributed by atoms with Crippen LogP contribution in [0, 0.1) is 11.3 Å². The molecule has 2 aliphatic rings. The molecule has 0 aliphatic carbocycles. The highest BCUT2D eigenvalue weighted by molar-refractivity contribution is 5.79. The van der Waals surface area contributed by atoms with Gasteiger partial charge in [-0.2, -0.15) is 5.10 Å². The number of aromatic nitrogens is 2. The van der Waals surface area contributed by atoms with Gasteiger partial charge in [0.2, 0.25) is 11.8 Å². The van der Waals surface area contributed by atoms with Gasteiger partial charge in [0.25, 0.3) is 0 Å². The van der Waals surface area contributed by atoms with Gasteiger partial charge in [0.1, 0.15) is 0 Å². The summed E-state index contributed by atoms with van der Waals surface area (Å²) in [6.45, 7) is 6.48. The van der Waals surface area contributed by atoms with E-state index in [9.17, 15) is 9.59 Å². The van der Waals surface area contributed by atoms with E-state index in [0.29, 0.717) is 19.6 Å². The second kappa shape index (κ2) is 8.87. The van der Waals surface area contributed by atoms with Crippen molar-refractivity contribution in [3.8, 4) is 0 Å². The number of hydrogen-bond donors (Lipinski definition) is 0. The highest BCUT2D eigenvalue weighted by Gasteiger charge is 2.41. The molecule has 27 heavy (non-hydrogen) atoms. The lowest BCUT2D eigenvalue weighted by molar-refractivity contribution is -0.144. The van der Waals surface area contributed by atoms with Crippen LogP contribution in [-0.4, -0.2) is 71.3 Å². The summed E-state index contributed by atoms with van der Waals surface area (Å²) in [6, 6.07) is 1.88. The van der Waals surface area contributed by atoms with Gasteiger partial charge in [-0.15, -0.1) is 0 Å².